The third-order valence-corrected chi connectivity index (χ3v) is 3.96. The van der Waals surface area contributed by atoms with Crippen LogP contribution in [-0.4, -0.2) is 40.0 Å². The van der Waals surface area contributed by atoms with Crippen molar-refractivity contribution >= 4 is 11.6 Å². The summed E-state index contributed by atoms with van der Waals surface area (Å²) in [6.45, 7) is 2.39. The van der Waals surface area contributed by atoms with Gasteiger partial charge in [-0.25, -0.2) is 9.97 Å². The van der Waals surface area contributed by atoms with Gasteiger partial charge in [0, 0.05) is 18.1 Å². The summed E-state index contributed by atoms with van der Waals surface area (Å²) < 4.78 is 0. The average molecular weight is 283 g/mol. The minimum Gasteiger partial charge on any atom is -0.324 e. The van der Waals surface area contributed by atoms with Crippen LogP contribution in [0.5, 0.6) is 0 Å². The molecule has 2 aromatic rings. The van der Waals surface area contributed by atoms with Crippen LogP contribution in [0, 0.1) is 5.92 Å². The van der Waals surface area contributed by atoms with Gasteiger partial charge in [-0.3, -0.25) is 4.98 Å². The Kier molecular flexibility index (Phi) is 4.40. The maximum atomic E-state index is 4.69. The van der Waals surface area contributed by atoms with Gasteiger partial charge in [0.1, 0.15) is 11.6 Å². The lowest BCUT2D eigenvalue weighted by Crippen LogP contribution is -2.31. The van der Waals surface area contributed by atoms with Crippen LogP contribution in [0.4, 0.5) is 11.6 Å². The molecule has 110 valence electrons. The lowest BCUT2D eigenvalue weighted by atomic mass is 9.92. The number of rotatable bonds is 4. The van der Waals surface area contributed by atoms with E-state index in [-0.39, 0.29) is 0 Å². The highest BCUT2D eigenvalue weighted by molar-refractivity contribution is 5.50. The first-order chi connectivity index (χ1) is 10.3. The molecular weight excluding hydrogens is 262 g/mol. The largest absolute Gasteiger partial charge is 0.324 e. The quantitative estimate of drug-likeness (QED) is 0.934. The van der Waals surface area contributed by atoms with Gasteiger partial charge in [0.25, 0.3) is 0 Å². The monoisotopic (exact) mass is 283 g/mol. The molecule has 1 N–H and O–H groups in total. The van der Waals surface area contributed by atoms with E-state index in [1.807, 2.05) is 6.07 Å². The second-order valence-electron chi connectivity index (χ2n) is 5.68. The van der Waals surface area contributed by atoms with Crippen LogP contribution >= 0.6 is 0 Å². The molecule has 1 fully saturated rings. The Morgan fingerprint density at radius 2 is 2.05 bits per heavy atom. The molecule has 0 bridgehead atoms. The molecule has 0 amide bonds. The summed E-state index contributed by atoms with van der Waals surface area (Å²) in [5.41, 5.74) is 1.15. The van der Waals surface area contributed by atoms with E-state index >= 15 is 0 Å². The smallest absolute Gasteiger partial charge is 0.150 e. The molecule has 0 atom stereocenters. The van der Waals surface area contributed by atoms with Crippen molar-refractivity contribution in [3.8, 4) is 0 Å². The van der Waals surface area contributed by atoms with Crippen molar-refractivity contribution < 1.29 is 0 Å². The van der Waals surface area contributed by atoms with Crippen LogP contribution in [0.3, 0.4) is 0 Å². The molecule has 0 radical (unpaired) electrons. The van der Waals surface area contributed by atoms with Crippen molar-refractivity contribution in [2.45, 2.75) is 19.3 Å². The Hall–Kier alpha value is -2.01. The van der Waals surface area contributed by atoms with Crippen LogP contribution in [0.15, 0.2) is 36.8 Å². The van der Waals surface area contributed by atoms with Crippen LogP contribution in [-0.2, 0) is 6.42 Å². The van der Waals surface area contributed by atoms with Crippen molar-refractivity contribution in [1.29, 1.82) is 0 Å². The van der Waals surface area contributed by atoms with E-state index in [1.54, 1.807) is 18.6 Å². The van der Waals surface area contributed by atoms with Gasteiger partial charge in [-0.05, 0) is 57.5 Å². The van der Waals surface area contributed by atoms with Crippen LogP contribution in [0.1, 0.15) is 18.5 Å². The van der Waals surface area contributed by atoms with Gasteiger partial charge in [-0.1, -0.05) is 6.07 Å². The molecule has 21 heavy (non-hydrogen) atoms. The predicted octanol–water partition coefficient (Wildman–Crippen LogP) is 2.50. The van der Waals surface area contributed by atoms with E-state index in [1.165, 1.54) is 25.9 Å². The van der Waals surface area contributed by atoms with Crippen molar-refractivity contribution in [2.75, 3.05) is 25.5 Å². The molecule has 5 heteroatoms. The lowest BCUT2D eigenvalue weighted by Gasteiger charge is -2.28. The number of piperidine rings is 1. The maximum Gasteiger partial charge on any atom is 0.150 e. The fourth-order valence-electron chi connectivity index (χ4n) is 2.72. The number of nitrogens with one attached hydrogen (secondary N) is 1. The zero-order valence-corrected chi connectivity index (χ0v) is 12.4. The van der Waals surface area contributed by atoms with E-state index in [9.17, 15) is 0 Å². The van der Waals surface area contributed by atoms with E-state index in [4.69, 9.17) is 0 Å². The molecule has 0 aliphatic carbocycles. The first-order valence-corrected chi connectivity index (χ1v) is 7.47. The molecule has 3 rings (SSSR count). The summed E-state index contributed by atoms with van der Waals surface area (Å²) in [5, 5.41) is 3.20. The van der Waals surface area contributed by atoms with Gasteiger partial charge >= 0.3 is 0 Å². The minimum atomic E-state index is 0.724. The molecule has 1 aliphatic rings. The van der Waals surface area contributed by atoms with Crippen molar-refractivity contribution in [3.05, 3.63) is 42.5 Å². The minimum absolute atomic E-state index is 0.724. The summed E-state index contributed by atoms with van der Waals surface area (Å²) in [6, 6.07) is 6.13. The summed E-state index contributed by atoms with van der Waals surface area (Å²) in [7, 11) is 2.19. The zero-order valence-electron chi connectivity index (χ0n) is 12.4. The van der Waals surface area contributed by atoms with E-state index < -0.39 is 0 Å². The van der Waals surface area contributed by atoms with E-state index in [2.05, 4.69) is 44.3 Å². The molecular formula is C16H21N5. The summed E-state index contributed by atoms with van der Waals surface area (Å²) in [5.74, 6) is 2.31. The molecule has 0 spiro atoms. The molecule has 1 saturated heterocycles. The molecule has 3 heterocycles. The number of aromatic nitrogens is 3. The van der Waals surface area contributed by atoms with Crippen molar-refractivity contribution in [1.82, 2.24) is 19.9 Å². The normalized spacial score (nSPS) is 16.8. The Morgan fingerprint density at radius 3 is 2.81 bits per heavy atom. The van der Waals surface area contributed by atoms with Crippen LogP contribution < -0.4 is 5.32 Å². The van der Waals surface area contributed by atoms with Gasteiger partial charge in [-0.15, -0.1) is 0 Å². The number of hydrogen-bond donors (Lipinski definition) is 1. The molecule has 2 aromatic heterocycles. The molecule has 0 unspecified atom stereocenters. The molecule has 5 nitrogen and oxygen atoms in total. The molecule has 0 saturated carbocycles. The summed E-state index contributed by atoms with van der Waals surface area (Å²) in [4.78, 5) is 15.3. The van der Waals surface area contributed by atoms with Gasteiger partial charge in [0.15, 0.2) is 0 Å². The highest BCUT2D eigenvalue weighted by atomic mass is 15.1. The molecule has 0 aromatic carbocycles. The standard InChI is InChI=1S/C16H21N5/c1-21-9-5-13(6-10-21)11-14-3-2-4-15(19-14)20-16-12-17-7-8-18-16/h2-4,7-8,12-13H,5-6,9-11H2,1H3,(H,18,19,20). The summed E-state index contributed by atoms with van der Waals surface area (Å²) in [6.07, 6.45) is 8.62. The highest BCUT2D eigenvalue weighted by Crippen LogP contribution is 2.21. The lowest BCUT2D eigenvalue weighted by molar-refractivity contribution is 0.218. The predicted molar refractivity (Wildman–Crippen MR) is 83.5 cm³/mol. The van der Waals surface area contributed by atoms with Crippen LogP contribution in [0.25, 0.3) is 0 Å². The Bertz CT molecular complexity index is 564. The third-order valence-electron chi connectivity index (χ3n) is 3.96. The van der Waals surface area contributed by atoms with Crippen molar-refractivity contribution in [3.63, 3.8) is 0 Å². The first kappa shape index (κ1) is 13.9. The average Bonchev–Trinajstić information content (AvgIpc) is 2.51. The Labute approximate surface area is 125 Å². The fourth-order valence-corrected chi connectivity index (χ4v) is 2.72. The maximum absolute atomic E-state index is 4.69. The first-order valence-electron chi connectivity index (χ1n) is 7.47. The topological polar surface area (TPSA) is 53.9 Å². The number of hydrogen-bond acceptors (Lipinski definition) is 5. The van der Waals surface area contributed by atoms with Gasteiger partial charge in [0.05, 0.1) is 6.20 Å². The Balaban J connectivity index is 1.63. The Morgan fingerprint density at radius 1 is 1.19 bits per heavy atom. The number of pyridine rings is 1. The van der Waals surface area contributed by atoms with Gasteiger partial charge in [0.2, 0.25) is 0 Å². The van der Waals surface area contributed by atoms with Gasteiger partial charge < -0.3 is 10.2 Å². The summed E-state index contributed by atoms with van der Waals surface area (Å²) >= 11 is 0. The van der Waals surface area contributed by atoms with Crippen molar-refractivity contribution in [2.24, 2.45) is 5.92 Å². The fraction of sp³-hybridized carbons (Fsp3) is 0.438. The SMILES string of the molecule is CN1CCC(Cc2cccc(Nc3cnccn3)n2)CC1. The second-order valence-corrected chi connectivity index (χ2v) is 5.68. The van der Waals surface area contributed by atoms with Gasteiger partial charge in [-0.2, -0.15) is 0 Å². The molecule has 1 aliphatic heterocycles. The highest BCUT2D eigenvalue weighted by Gasteiger charge is 2.17. The number of nitrogens with zero attached hydrogens (tertiary/aromatic N) is 4. The van der Waals surface area contributed by atoms with Crippen LogP contribution in [0.2, 0.25) is 0 Å². The zero-order chi connectivity index (χ0) is 14.5. The number of likely N-dealkylation sites (tertiary alicyclic amines) is 1. The van der Waals surface area contributed by atoms with E-state index in [0.29, 0.717) is 0 Å². The second kappa shape index (κ2) is 6.63. The number of anilines is 2. The van der Waals surface area contributed by atoms with E-state index in [0.717, 1.165) is 29.7 Å². The third kappa shape index (κ3) is 3.98.